The highest BCUT2D eigenvalue weighted by Crippen LogP contribution is 2.22. The molecule has 132 valence electrons. The third-order valence-electron chi connectivity index (χ3n) is 4.08. The lowest BCUT2D eigenvalue weighted by Crippen LogP contribution is -2.41. The maximum Gasteiger partial charge on any atom is 0.245 e. The molecular formula is C17H18ClN3O3S. The Balaban J connectivity index is 1.91. The normalized spacial score (nSPS) is 16.0. The average Bonchev–Trinajstić information content (AvgIpc) is 3.15. The summed E-state index contributed by atoms with van der Waals surface area (Å²) >= 11 is 5.71. The van der Waals surface area contributed by atoms with Crippen molar-refractivity contribution < 1.29 is 13.2 Å². The zero-order chi connectivity index (χ0) is 17.9. The summed E-state index contributed by atoms with van der Waals surface area (Å²) in [6, 6.07) is 10.6. The van der Waals surface area contributed by atoms with E-state index < -0.39 is 16.1 Å². The summed E-state index contributed by atoms with van der Waals surface area (Å²) in [6.07, 6.45) is 3.04. The van der Waals surface area contributed by atoms with E-state index in [1.54, 1.807) is 29.2 Å². The number of nitrogens with zero attached hydrogens (tertiary/aromatic N) is 2. The minimum absolute atomic E-state index is 0.0351. The van der Waals surface area contributed by atoms with Crippen LogP contribution in [0.3, 0.4) is 0 Å². The van der Waals surface area contributed by atoms with E-state index in [0.29, 0.717) is 18.7 Å². The number of aromatic nitrogens is 1. The molecule has 0 spiro atoms. The van der Waals surface area contributed by atoms with Crippen LogP contribution in [0, 0.1) is 0 Å². The fraction of sp³-hybridized carbons (Fsp3) is 0.294. The zero-order valence-corrected chi connectivity index (χ0v) is 15.0. The van der Waals surface area contributed by atoms with E-state index in [-0.39, 0.29) is 16.0 Å². The highest BCUT2D eigenvalue weighted by Gasteiger charge is 2.31. The molecule has 3 rings (SSSR count). The van der Waals surface area contributed by atoms with E-state index in [0.717, 1.165) is 12.8 Å². The van der Waals surface area contributed by atoms with Gasteiger partial charge in [0.15, 0.2) is 0 Å². The van der Waals surface area contributed by atoms with E-state index in [2.05, 4.69) is 9.71 Å². The molecule has 1 saturated heterocycles. The van der Waals surface area contributed by atoms with Crippen molar-refractivity contribution >= 4 is 27.5 Å². The predicted molar refractivity (Wildman–Crippen MR) is 94.6 cm³/mol. The van der Waals surface area contributed by atoms with Crippen LogP contribution < -0.4 is 4.72 Å². The maximum absolute atomic E-state index is 12.9. The highest BCUT2D eigenvalue weighted by atomic mass is 35.5. The fourth-order valence-corrected chi connectivity index (χ4v) is 4.00. The topological polar surface area (TPSA) is 79.4 Å². The SMILES string of the molecule is O=C([C@@H](NS(=O)(=O)c1ccc(Cl)nc1)c1ccccc1)N1CCCC1. The Morgan fingerprint density at radius 3 is 2.40 bits per heavy atom. The van der Waals surface area contributed by atoms with E-state index in [1.807, 2.05) is 6.07 Å². The number of hydrogen-bond donors (Lipinski definition) is 1. The summed E-state index contributed by atoms with van der Waals surface area (Å²) in [6.45, 7) is 1.29. The van der Waals surface area contributed by atoms with E-state index in [9.17, 15) is 13.2 Å². The molecule has 1 fully saturated rings. The van der Waals surface area contributed by atoms with Crippen LogP contribution in [0.4, 0.5) is 0 Å². The molecule has 1 aromatic heterocycles. The number of rotatable bonds is 5. The van der Waals surface area contributed by atoms with Crippen molar-refractivity contribution in [1.82, 2.24) is 14.6 Å². The summed E-state index contributed by atoms with van der Waals surface area (Å²) < 4.78 is 27.9. The van der Waals surface area contributed by atoms with Gasteiger partial charge in [-0.2, -0.15) is 4.72 Å². The van der Waals surface area contributed by atoms with Crippen LogP contribution in [0.15, 0.2) is 53.6 Å². The van der Waals surface area contributed by atoms with Gasteiger partial charge in [-0.3, -0.25) is 4.79 Å². The molecule has 1 aliphatic heterocycles. The monoisotopic (exact) mass is 379 g/mol. The van der Waals surface area contributed by atoms with Gasteiger partial charge in [0, 0.05) is 19.3 Å². The molecule has 2 heterocycles. The minimum Gasteiger partial charge on any atom is -0.341 e. The van der Waals surface area contributed by atoms with Crippen LogP contribution in [-0.2, 0) is 14.8 Å². The summed E-state index contributed by atoms with van der Waals surface area (Å²) in [5, 5.41) is 0.201. The molecule has 6 nitrogen and oxygen atoms in total. The number of nitrogens with one attached hydrogen (secondary N) is 1. The van der Waals surface area contributed by atoms with Gasteiger partial charge in [-0.05, 0) is 30.5 Å². The van der Waals surface area contributed by atoms with Gasteiger partial charge in [-0.25, -0.2) is 13.4 Å². The molecule has 1 N–H and O–H groups in total. The molecule has 0 bridgehead atoms. The number of pyridine rings is 1. The summed E-state index contributed by atoms with van der Waals surface area (Å²) in [5.74, 6) is -0.241. The van der Waals surface area contributed by atoms with Gasteiger partial charge in [0.1, 0.15) is 16.1 Å². The second-order valence-electron chi connectivity index (χ2n) is 5.81. The lowest BCUT2D eigenvalue weighted by molar-refractivity contribution is -0.132. The first-order valence-corrected chi connectivity index (χ1v) is 9.81. The maximum atomic E-state index is 12.9. The van der Waals surface area contributed by atoms with Crippen molar-refractivity contribution in [2.75, 3.05) is 13.1 Å². The number of likely N-dealkylation sites (tertiary alicyclic amines) is 1. The van der Waals surface area contributed by atoms with Crippen LogP contribution in [-0.4, -0.2) is 37.3 Å². The van der Waals surface area contributed by atoms with Gasteiger partial charge in [0.2, 0.25) is 15.9 Å². The smallest absolute Gasteiger partial charge is 0.245 e. The Morgan fingerprint density at radius 2 is 1.80 bits per heavy atom. The van der Waals surface area contributed by atoms with Crippen molar-refractivity contribution in [2.24, 2.45) is 0 Å². The summed E-state index contributed by atoms with van der Waals surface area (Å²) in [7, 11) is -3.92. The number of carbonyl (C=O) groups is 1. The first kappa shape index (κ1) is 17.8. The van der Waals surface area contributed by atoms with Gasteiger partial charge in [-0.1, -0.05) is 41.9 Å². The Kier molecular flexibility index (Phi) is 5.36. The molecule has 0 saturated carbocycles. The standard InChI is InChI=1S/C17H18ClN3O3S/c18-15-9-8-14(12-19-15)25(23,24)20-16(13-6-2-1-3-7-13)17(22)21-10-4-5-11-21/h1-3,6-9,12,16,20H,4-5,10-11H2/t16-/m0/s1. The zero-order valence-electron chi connectivity index (χ0n) is 13.4. The van der Waals surface area contributed by atoms with E-state index in [1.165, 1.54) is 18.3 Å². The van der Waals surface area contributed by atoms with Crippen LogP contribution in [0.25, 0.3) is 0 Å². The largest absolute Gasteiger partial charge is 0.341 e. The molecule has 0 radical (unpaired) electrons. The number of amides is 1. The number of halogens is 1. The van der Waals surface area contributed by atoms with Gasteiger partial charge < -0.3 is 4.90 Å². The number of carbonyl (C=O) groups excluding carboxylic acids is 1. The van der Waals surface area contributed by atoms with E-state index in [4.69, 9.17) is 11.6 Å². The first-order chi connectivity index (χ1) is 12.0. The third kappa shape index (κ3) is 4.18. The van der Waals surface area contributed by atoms with Crippen molar-refractivity contribution in [3.63, 3.8) is 0 Å². The first-order valence-electron chi connectivity index (χ1n) is 7.95. The molecular weight excluding hydrogens is 362 g/mol. The predicted octanol–water partition coefficient (Wildman–Crippen LogP) is 2.38. The summed E-state index contributed by atoms with van der Waals surface area (Å²) in [5.41, 5.74) is 0.602. The van der Waals surface area contributed by atoms with Crippen molar-refractivity contribution in [1.29, 1.82) is 0 Å². The Morgan fingerprint density at radius 1 is 1.12 bits per heavy atom. The van der Waals surface area contributed by atoms with E-state index >= 15 is 0 Å². The van der Waals surface area contributed by atoms with Crippen molar-refractivity contribution in [3.8, 4) is 0 Å². The number of hydrogen-bond acceptors (Lipinski definition) is 4. The van der Waals surface area contributed by atoms with Crippen LogP contribution in [0.5, 0.6) is 0 Å². The molecule has 0 aliphatic carbocycles. The second kappa shape index (κ2) is 7.51. The van der Waals surface area contributed by atoms with Gasteiger partial charge in [0.25, 0.3) is 0 Å². The number of sulfonamides is 1. The molecule has 1 atom stereocenters. The lowest BCUT2D eigenvalue weighted by Gasteiger charge is -2.24. The van der Waals surface area contributed by atoms with Crippen molar-refractivity contribution in [2.45, 2.75) is 23.8 Å². The fourth-order valence-electron chi connectivity index (χ4n) is 2.77. The van der Waals surface area contributed by atoms with Crippen LogP contribution in [0.2, 0.25) is 5.15 Å². The number of benzene rings is 1. The molecule has 25 heavy (non-hydrogen) atoms. The van der Waals surface area contributed by atoms with Gasteiger partial charge >= 0.3 is 0 Å². The molecule has 1 aliphatic rings. The second-order valence-corrected chi connectivity index (χ2v) is 7.92. The Labute approximate surface area is 151 Å². The Hall–Kier alpha value is -1.96. The van der Waals surface area contributed by atoms with Crippen molar-refractivity contribution in [3.05, 3.63) is 59.4 Å². The van der Waals surface area contributed by atoms with Crippen LogP contribution in [0.1, 0.15) is 24.4 Å². The molecule has 1 aromatic carbocycles. The molecule has 1 amide bonds. The van der Waals surface area contributed by atoms with Crippen LogP contribution >= 0.6 is 11.6 Å². The van der Waals surface area contributed by atoms with Gasteiger partial charge in [-0.15, -0.1) is 0 Å². The summed E-state index contributed by atoms with van der Waals surface area (Å²) in [4.78, 5) is 18.3. The average molecular weight is 380 g/mol. The molecule has 8 heteroatoms. The third-order valence-corrected chi connectivity index (χ3v) is 5.71. The quantitative estimate of drug-likeness (QED) is 0.809. The minimum atomic E-state index is -3.92. The molecule has 0 unspecified atom stereocenters. The van der Waals surface area contributed by atoms with Gasteiger partial charge in [0.05, 0.1) is 0 Å². The lowest BCUT2D eigenvalue weighted by atomic mass is 10.1. The highest BCUT2D eigenvalue weighted by molar-refractivity contribution is 7.89. The molecule has 2 aromatic rings. The Bertz CT molecular complexity index is 835.